The maximum Gasteiger partial charge on any atom is 0.267 e. The highest BCUT2D eigenvalue weighted by molar-refractivity contribution is 7.13. The lowest BCUT2D eigenvalue weighted by atomic mass is 10.2. The quantitative estimate of drug-likeness (QED) is 0.861. The predicted molar refractivity (Wildman–Crippen MR) is 100 cm³/mol. The Morgan fingerprint density at radius 2 is 2.08 bits per heavy atom. The molecular weight excluding hydrogens is 342 g/mol. The summed E-state index contributed by atoms with van der Waals surface area (Å²) in [6.45, 7) is 7.20. The van der Waals surface area contributed by atoms with Crippen LogP contribution in [0.3, 0.4) is 0 Å². The van der Waals surface area contributed by atoms with Crippen LogP contribution in [0.1, 0.15) is 38.8 Å². The van der Waals surface area contributed by atoms with Gasteiger partial charge in [-0.3, -0.25) is 4.79 Å². The summed E-state index contributed by atoms with van der Waals surface area (Å²) >= 11 is 7.61. The fraction of sp³-hybridized carbons (Fsp3) is 0.444. The van der Waals surface area contributed by atoms with Gasteiger partial charge in [-0.25, -0.2) is 4.98 Å². The van der Waals surface area contributed by atoms with Crippen LogP contribution >= 0.6 is 22.9 Å². The van der Waals surface area contributed by atoms with Gasteiger partial charge in [0.1, 0.15) is 4.88 Å². The van der Waals surface area contributed by atoms with Crippen molar-refractivity contribution in [3.63, 3.8) is 0 Å². The van der Waals surface area contributed by atoms with Crippen LogP contribution in [0.5, 0.6) is 0 Å². The van der Waals surface area contributed by atoms with Crippen molar-refractivity contribution in [1.82, 2.24) is 9.88 Å². The molecule has 0 radical (unpaired) electrons. The lowest BCUT2D eigenvalue weighted by Gasteiger charge is -2.12. The van der Waals surface area contributed by atoms with Gasteiger partial charge in [-0.15, -0.1) is 11.3 Å². The number of hydrogen-bond acceptors (Lipinski definition) is 4. The third kappa shape index (κ3) is 3.97. The molecule has 1 amide bonds. The molecule has 1 N–H and O–H groups in total. The number of nitrogens with zero attached hydrogens (tertiary/aromatic N) is 2. The molecule has 1 aliphatic heterocycles. The van der Waals surface area contributed by atoms with Crippen LogP contribution in [0.15, 0.2) is 18.2 Å². The molecule has 3 rings (SSSR count). The van der Waals surface area contributed by atoms with Gasteiger partial charge in [0, 0.05) is 23.7 Å². The first-order valence-electron chi connectivity index (χ1n) is 8.29. The van der Waals surface area contributed by atoms with Gasteiger partial charge in [0.15, 0.2) is 0 Å². The molecule has 6 heteroatoms. The molecule has 128 valence electrons. The fourth-order valence-electron chi connectivity index (χ4n) is 2.95. The number of carbonyl (C=O) groups is 1. The second-order valence-electron chi connectivity index (χ2n) is 6.19. The Morgan fingerprint density at radius 1 is 1.33 bits per heavy atom. The number of aromatic nitrogens is 1. The van der Waals surface area contributed by atoms with Crippen molar-refractivity contribution < 1.29 is 4.79 Å². The highest BCUT2D eigenvalue weighted by Gasteiger charge is 2.18. The van der Waals surface area contributed by atoms with Gasteiger partial charge in [0.25, 0.3) is 5.91 Å². The van der Waals surface area contributed by atoms with Crippen LogP contribution in [-0.2, 0) is 6.42 Å². The molecule has 1 saturated heterocycles. The van der Waals surface area contributed by atoms with Crippen LogP contribution in [0.25, 0.3) is 0 Å². The van der Waals surface area contributed by atoms with E-state index in [1.807, 2.05) is 32.0 Å². The van der Waals surface area contributed by atoms with E-state index < -0.39 is 0 Å². The normalized spacial score (nSPS) is 15.0. The van der Waals surface area contributed by atoms with Crippen molar-refractivity contribution in [3.05, 3.63) is 44.4 Å². The first-order valence-corrected chi connectivity index (χ1v) is 9.49. The first kappa shape index (κ1) is 17.4. The number of likely N-dealkylation sites (tertiary alicyclic amines) is 1. The molecule has 0 bridgehead atoms. The number of halogens is 1. The number of thiazole rings is 1. The number of hydrogen-bond donors (Lipinski definition) is 1. The second-order valence-corrected chi connectivity index (χ2v) is 7.68. The molecule has 0 saturated carbocycles. The van der Waals surface area contributed by atoms with E-state index in [2.05, 4.69) is 15.2 Å². The summed E-state index contributed by atoms with van der Waals surface area (Å²) in [4.78, 5) is 20.3. The topological polar surface area (TPSA) is 45.2 Å². The summed E-state index contributed by atoms with van der Waals surface area (Å²) in [6, 6.07) is 5.52. The number of carbonyl (C=O) groups excluding carboxylic acids is 1. The Hall–Kier alpha value is -1.43. The van der Waals surface area contributed by atoms with E-state index in [4.69, 9.17) is 11.6 Å². The molecular formula is C18H22ClN3OS. The molecule has 1 fully saturated rings. The first-order chi connectivity index (χ1) is 11.5. The molecule has 2 aromatic rings. The average Bonchev–Trinajstić information content (AvgIpc) is 3.19. The van der Waals surface area contributed by atoms with Gasteiger partial charge in [-0.2, -0.15) is 0 Å². The van der Waals surface area contributed by atoms with Crippen molar-refractivity contribution in [2.24, 2.45) is 0 Å². The smallest absolute Gasteiger partial charge is 0.267 e. The predicted octanol–water partition coefficient (Wildman–Crippen LogP) is 4.30. The number of aryl methyl sites for hydroxylation is 1. The molecule has 1 aromatic carbocycles. The Kier molecular flexibility index (Phi) is 5.54. The van der Waals surface area contributed by atoms with Gasteiger partial charge in [0.2, 0.25) is 0 Å². The third-order valence-electron chi connectivity index (χ3n) is 4.40. The minimum Gasteiger partial charge on any atom is -0.321 e. The SMILES string of the molecule is Cc1nc(CCN2CCCC2)sc1C(=O)Nc1cccc(Cl)c1C. The van der Waals surface area contributed by atoms with Gasteiger partial charge in [-0.05, 0) is 57.5 Å². The molecule has 4 nitrogen and oxygen atoms in total. The maximum absolute atomic E-state index is 12.6. The maximum atomic E-state index is 12.6. The summed E-state index contributed by atoms with van der Waals surface area (Å²) in [5.41, 5.74) is 2.43. The minimum absolute atomic E-state index is 0.109. The zero-order valence-corrected chi connectivity index (χ0v) is 15.6. The minimum atomic E-state index is -0.109. The van der Waals surface area contributed by atoms with Crippen LogP contribution < -0.4 is 5.32 Å². The lowest BCUT2D eigenvalue weighted by molar-refractivity contribution is 0.102. The molecule has 1 aliphatic rings. The number of amides is 1. The Balaban J connectivity index is 1.67. The second kappa shape index (κ2) is 7.64. The van der Waals surface area contributed by atoms with Crippen molar-refractivity contribution in [3.8, 4) is 0 Å². The molecule has 0 atom stereocenters. The molecule has 1 aromatic heterocycles. The van der Waals surface area contributed by atoms with E-state index in [1.54, 1.807) is 0 Å². The van der Waals surface area contributed by atoms with Crippen LogP contribution in [0.4, 0.5) is 5.69 Å². The van der Waals surface area contributed by atoms with Gasteiger partial charge < -0.3 is 10.2 Å². The van der Waals surface area contributed by atoms with Crippen molar-refractivity contribution >= 4 is 34.5 Å². The summed E-state index contributed by atoms with van der Waals surface area (Å²) in [5, 5.41) is 4.64. The number of benzene rings is 1. The fourth-order valence-corrected chi connectivity index (χ4v) is 4.08. The average molecular weight is 364 g/mol. The molecule has 0 aliphatic carbocycles. The van der Waals surface area contributed by atoms with Crippen LogP contribution in [-0.4, -0.2) is 35.4 Å². The van der Waals surface area contributed by atoms with Crippen LogP contribution in [0, 0.1) is 13.8 Å². The Morgan fingerprint density at radius 3 is 2.83 bits per heavy atom. The van der Waals surface area contributed by atoms with E-state index in [-0.39, 0.29) is 5.91 Å². The third-order valence-corrected chi connectivity index (χ3v) is 6.03. The summed E-state index contributed by atoms with van der Waals surface area (Å²) in [7, 11) is 0. The van der Waals surface area contributed by atoms with Crippen molar-refractivity contribution in [1.29, 1.82) is 0 Å². The molecule has 24 heavy (non-hydrogen) atoms. The van der Waals surface area contributed by atoms with E-state index in [0.29, 0.717) is 9.90 Å². The highest BCUT2D eigenvalue weighted by Crippen LogP contribution is 2.25. The zero-order valence-electron chi connectivity index (χ0n) is 14.1. The van der Waals surface area contributed by atoms with Gasteiger partial charge in [0.05, 0.1) is 10.7 Å². The number of nitrogens with one attached hydrogen (secondary N) is 1. The standard InChI is InChI=1S/C18H22ClN3OS/c1-12-14(19)6-5-7-15(12)21-18(23)17-13(2)20-16(24-17)8-11-22-9-3-4-10-22/h5-7H,3-4,8-11H2,1-2H3,(H,21,23). The van der Waals surface area contributed by atoms with Crippen molar-refractivity contribution in [2.45, 2.75) is 33.1 Å². The molecule has 0 unspecified atom stereocenters. The lowest BCUT2D eigenvalue weighted by Crippen LogP contribution is -2.21. The summed E-state index contributed by atoms with van der Waals surface area (Å²) < 4.78 is 0. The monoisotopic (exact) mass is 363 g/mol. The highest BCUT2D eigenvalue weighted by atomic mass is 35.5. The van der Waals surface area contributed by atoms with E-state index in [0.717, 1.165) is 34.9 Å². The Labute approximate surface area is 151 Å². The summed E-state index contributed by atoms with van der Waals surface area (Å²) in [5.74, 6) is -0.109. The van der Waals surface area contributed by atoms with E-state index in [9.17, 15) is 4.79 Å². The Bertz CT molecular complexity index is 738. The van der Waals surface area contributed by atoms with Crippen molar-refractivity contribution in [2.75, 3.05) is 25.0 Å². The van der Waals surface area contributed by atoms with Crippen LogP contribution in [0.2, 0.25) is 5.02 Å². The van der Waals surface area contributed by atoms with Gasteiger partial charge in [-0.1, -0.05) is 17.7 Å². The largest absolute Gasteiger partial charge is 0.321 e. The number of anilines is 1. The number of rotatable bonds is 5. The van der Waals surface area contributed by atoms with E-state index >= 15 is 0 Å². The molecule has 0 spiro atoms. The van der Waals surface area contributed by atoms with Gasteiger partial charge >= 0.3 is 0 Å². The summed E-state index contributed by atoms with van der Waals surface area (Å²) in [6.07, 6.45) is 3.50. The zero-order chi connectivity index (χ0) is 17.1. The van der Waals surface area contributed by atoms with E-state index in [1.165, 1.54) is 37.3 Å². The molecule has 2 heterocycles.